The van der Waals surface area contributed by atoms with Crippen molar-refractivity contribution in [1.82, 2.24) is 15.0 Å². The second-order valence-corrected chi connectivity index (χ2v) is 12.1. The van der Waals surface area contributed by atoms with Crippen LogP contribution in [0.15, 0.2) is 158 Å². The summed E-state index contributed by atoms with van der Waals surface area (Å²) in [5.41, 5.74) is 7.53. The Bertz CT molecular complexity index is 2510. The summed E-state index contributed by atoms with van der Waals surface area (Å²) < 4.78 is 13.3. The maximum absolute atomic E-state index is 6.70. The molecule has 8 aromatic rings. The Hall–Kier alpha value is -6.79. The summed E-state index contributed by atoms with van der Waals surface area (Å²) in [7, 11) is 0. The zero-order chi connectivity index (χ0) is 32.3. The van der Waals surface area contributed by atoms with Gasteiger partial charge in [-0.15, -0.1) is 0 Å². The van der Waals surface area contributed by atoms with Crippen LogP contribution in [0.2, 0.25) is 0 Å². The molecule has 0 N–H and O–H groups in total. The molecule has 1 aromatic heterocycles. The van der Waals surface area contributed by atoms with Gasteiger partial charge in [0.05, 0.1) is 11.4 Å². The summed E-state index contributed by atoms with van der Waals surface area (Å²) in [5, 5.41) is 2.27. The van der Waals surface area contributed by atoms with Gasteiger partial charge in [0.25, 0.3) is 0 Å². The number of rotatable bonds is 4. The lowest BCUT2D eigenvalue weighted by Gasteiger charge is -2.38. The predicted molar refractivity (Wildman–Crippen MR) is 194 cm³/mol. The molecule has 6 nitrogen and oxygen atoms in total. The van der Waals surface area contributed by atoms with Gasteiger partial charge >= 0.3 is 0 Å². The average Bonchev–Trinajstić information content (AvgIpc) is 3.17. The van der Waals surface area contributed by atoms with Crippen LogP contribution in [0.3, 0.4) is 0 Å². The van der Waals surface area contributed by atoms with Crippen LogP contribution < -0.4 is 14.4 Å². The Balaban J connectivity index is 1.12. The van der Waals surface area contributed by atoms with Crippen molar-refractivity contribution in [2.24, 2.45) is 0 Å². The number of anilines is 3. The number of nitrogens with zero attached hydrogens (tertiary/aromatic N) is 4. The van der Waals surface area contributed by atoms with Crippen molar-refractivity contribution in [1.29, 1.82) is 0 Å². The van der Waals surface area contributed by atoms with Crippen molar-refractivity contribution in [3.63, 3.8) is 0 Å². The van der Waals surface area contributed by atoms with Crippen LogP contribution >= 0.6 is 0 Å². The van der Waals surface area contributed by atoms with Gasteiger partial charge in [0, 0.05) is 16.7 Å². The maximum Gasteiger partial charge on any atom is 0.164 e. The van der Waals surface area contributed by atoms with Crippen LogP contribution in [0.1, 0.15) is 0 Å². The molecule has 0 saturated heterocycles. The summed E-state index contributed by atoms with van der Waals surface area (Å²) in [6, 6.07) is 53.3. The minimum atomic E-state index is 0.599. The standard InChI is InChI=1S/C43H26N4O2/c1-3-12-27(13-4-1)41-44-42(28-14-5-2-6-15-28)46-43(45-41)32-19-11-18-29(22-32)33-25-38-40-39(26-33)49-37-24-31-17-8-7-16-30(31)23-35(37)47(40)34-20-9-10-21-36(34)48-38/h1-26H. The van der Waals surface area contributed by atoms with E-state index in [1.165, 1.54) is 0 Å². The van der Waals surface area contributed by atoms with Gasteiger partial charge in [-0.3, -0.25) is 4.90 Å². The molecule has 230 valence electrons. The Morgan fingerprint density at radius 1 is 0.347 bits per heavy atom. The molecule has 0 amide bonds. The van der Waals surface area contributed by atoms with Gasteiger partial charge in [-0.1, -0.05) is 115 Å². The molecule has 3 heterocycles. The van der Waals surface area contributed by atoms with E-state index < -0.39 is 0 Å². The van der Waals surface area contributed by atoms with Crippen LogP contribution in [-0.4, -0.2) is 15.0 Å². The molecule has 0 atom stereocenters. The summed E-state index contributed by atoms with van der Waals surface area (Å²) in [4.78, 5) is 17.0. The molecule has 49 heavy (non-hydrogen) atoms. The highest BCUT2D eigenvalue weighted by molar-refractivity contribution is 5.99. The van der Waals surface area contributed by atoms with E-state index in [0.29, 0.717) is 17.5 Å². The van der Waals surface area contributed by atoms with Gasteiger partial charge in [0.15, 0.2) is 40.5 Å². The highest BCUT2D eigenvalue weighted by atomic mass is 16.5. The first-order chi connectivity index (χ1) is 24.2. The third-order valence-electron chi connectivity index (χ3n) is 9.03. The van der Waals surface area contributed by atoms with E-state index in [-0.39, 0.29) is 0 Å². The van der Waals surface area contributed by atoms with E-state index >= 15 is 0 Å². The third-order valence-corrected chi connectivity index (χ3v) is 9.03. The quantitative estimate of drug-likeness (QED) is 0.193. The molecule has 0 unspecified atom stereocenters. The first-order valence-corrected chi connectivity index (χ1v) is 16.2. The minimum Gasteiger partial charge on any atom is -0.453 e. The van der Waals surface area contributed by atoms with Crippen molar-refractivity contribution >= 4 is 27.8 Å². The Morgan fingerprint density at radius 3 is 1.57 bits per heavy atom. The zero-order valence-corrected chi connectivity index (χ0v) is 26.1. The topological polar surface area (TPSA) is 60.4 Å². The van der Waals surface area contributed by atoms with E-state index in [9.17, 15) is 0 Å². The zero-order valence-electron chi connectivity index (χ0n) is 26.1. The van der Waals surface area contributed by atoms with Crippen molar-refractivity contribution in [2.45, 2.75) is 0 Å². The van der Waals surface area contributed by atoms with Crippen molar-refractivity contribution in [3.8, 4) is 68.3 Å². The number of fused-ring (bicyclic) bond motifs is 5. The van der Waals surface area contributed by atoms with Gasteiger partial charge in [0.2, 0.25) is 0 Å². The highest BCUT2D eigenvalue weighted by Gasteiger charge is 2.35. The Morgan fingerprint density at radius 2 is 0.878 bits per heavy atom. The van der Waals surface area contributed by atoms with E-state index in [1.54, 1.807) is 0 Å². The van der Waals surface area contributed by atoms with E-state index in [2.05, 4.69) is 71.6 Å². The van der Waals surface area contributed by atoms with Crippen molar-refractivity contribution in [3.05, 3.63) is 158 Å². The monoisotopic (exact) mass is 630 g/mol. The molecule has 10 rings (SSSR count). The summed E-state index contributed by atoms with van der Waals surface area (Å²) in [5.74, 6) is 4.90. The molecule has 0 bridgehead atoms. The fourth-order valence-electron chi connectivity index (χ4n) is 6.70. The van der Waals surface area contributed by atoms with Gasteiger partial charge in [-0.25, -0.2) is 15.0 Å². The van der Waals surface area contributed by atoms with Crippen LogP contribution in [-0.2, 0) is 0 Å². The second kappa shape index (κ2) is 10.9. The van der Waals surface area contributed by atoms with E-state index in [1.807, 2.05) is 91.0 Å². The lowest BCUT2D eigenvalue weighted by molar-refractivity contribution is 0.446. The molecule has 2 aliphatic heterocycles. The molecule has 0 aliphatic carbocycles. The minimum absolute atomic E-state index is 0.599. The summed E-state index contributed by atoms with van der Waals surface area (Å²) in [6.07, 6.45) is 0. The van der Waals surface area contributed by atoms with Gasteiger partial charge < -0.3 is 9.47 Å². The molecule has 2 aliphatic rings. The van der Waals surface area contributed by atoms with Crippen LogP contribution in [0.4, 0.5) is 17.1 Å². The second-order valence-electron chi connectivity index (χ2n) is 12.1. The molecule has 0 saturated carbocycles. The van der Waals surface area contributed by atoms with Gasteiger partial charge in [0.1, 0.15) is 5.69 Å². The van der Waals surface area contributed by atoms with E-state index in [0.717, 1.165) is 78.6 Å². The first kappa shape index (κ1) is 27.3. The van der Waals surface area contributed by atoms with Crippen LogP contribution in [0.5, 0.6) is 23.0 Å². The van der Waals surface area contributed by atoms with E-state index in [4.69, 9.17) is 24.4 Å². The van der Waals surface area contributed by atoms with Crippen LogP contribution in [0, 0.1) is 0 Å². The number of hydrogen-bond acceptors (Lipinski definition) is 6. The maximum atomic E-state index is 6.70. The van der Waals surface area contributed by atoms with Crippen molar-refractivity contribution in [2.75, 3.05) is 4.90 Å². The Kier molecular flexibility index (Phi) is 6.08. The predicted octanol–water partition coefficient (Wildman–Crippen LogP) is 11.4. The molecular weight excluding hydrogens is 604 g/mol. The largest absolute Gasteiger partial charge is 0.453 e. The molecule has 0 spiro atoms. The number of hydrogen-bond donors (Lipinski definition) is 0. The third kappa shape index (κ3) is 4.61. The number of benzene rings is 7. The smallest absolute Gasteiger partial charge is 0.164 e. The van der Waals surface area contributed by atoms with Gasteiger partial charge in [-0.05, 0) is 64.4 Å². The highest BCUT2D eigenvalue weighted by Crippen LogP contribution is 2.61. The normalized spacial score (nSPS) is 12.4. The summed E-state index contributed by atoms with van der Waals surface area (Å²) >= 11 is 0. The molecule has 6 heteroatoms. The molecule has 0 fully saturated rings. The number of para-hydroxylation sites is 2. The fourth-order valence-corrected chi connectivity index (χ4v) is 6.70. The number of aromatic nitrogens is 3. The molecular formula is C43H26N4O2. The Labute approximate surface area is 282 Å². The van der Waals surface area contributed by atoms with Gasteiger partial charge in [-0.2, -0.15) is 0 Å². The number of ether oxygens (including phenoxy) is 2. The fraction of sp³-hybridized carbons (Fsp3) is 0. The van der Waals surface area contributed by atoms with Crippen molar-refractivity contribution < 1.29 is 9.47 Å². The average molecular weight is 631 g/mol. The molecule has 7 aromatic carbocycles. The SMILES string of the molecule is c1ccc(-c2nc(-c3ccccc3)nc(-c3cccc(-c4cc5c6c(c4)Oc4cc7ccccc7cc4N6c4ccccc4O5)c3)n2)cc1. The lowest BCUT2D eigenvalue weighted by atomic mass is 9.98. The lowest BCUT2D eigenvalue weighted by Crippen LogP contribution is -2.20. The first-order valence-electron chi connectivity index (χ1n) is 16.2. The summed E-state index contributed by atoms with van der Waals surface area (Å²) in [6.45, 7) is 0. The molecule has 0 radical (unpaired) electrons. The van der Waals surface area contributed by atoms with Crippen LogP contribution in [0.25, 0.3) is 56.1 Å².